The van der Waals surface area contributed by atoms with E-state index in [0.29, 0.717) is 18.2 Å². The molecule has 21 heavy (non-hydrogen) atoms. The second kappa shape index (κ2) is 5.52. The van der Waals surface area contributed by atoms with E-state index in [4.69, 9.17) is 0 Å². The summed E-state index contributed by atoms with van der Waals surface area (Å²) in [7, 11) is 0. The molecule has 2 unspecified atom stereocenters. The topological polar surface area (TPSA) is 32.3 Å². The Kier molecular flexibility index (Phi) is 3.86. The maximum absolute atomic E-state index is 13.9. The molecule has 2 aromatic rings. The van der Waals surface area contributed by atoms with Gasteiger partial charge in [0.05, 0.1) is 6.10 Å². The fourth-order valence-corrected chi connectivity index (χ4v) is 3.54. The Morgan fingerprint density at radius 2 is 2.19 bits per heavy atom. The number of aliphatic hydroxyl groups excluding tert-OH is 1. The van der Waals surface area contributed by atoms with Gasteiger partial charge in [-0.1, -0.05) is 26.0 Å². The summed E-state index contributed by atoms with van der Waals surface area (Å²) < 4.78 is 13.9. The minimum absolute atomic E-state index is 0.0867. The molecule has 4 heteroatoms. The molecule has 2 nitrogen and oxygen atoms in total. The normalized spacial score (nSPS) is 23.8. The molecular formula is C17H20FNOS. The van der Waals surface area contributed by atoms with Gasteiger partial charge in [-0.2, -0.15) is 0 Å². The Morgan fingerprint density at radius 1 is 1.38 bits per heavy atom. The predicted octanol–water partition coefficient (Wildman–Crippen LogP) is 3.80. The third kappa shape index (κ3) is 2.76. The Labute approximate surface area is 128 Å². The third-order valence-electron chi connectivity index (χ3n) is 4.59. The van der Waals surface area contributed by atoms with Crippen LogP contribution in [0.4, 0.5) is 4.39 Å². The molecule has 0 aliphatic heterocycles. The van der Waals surface area contributed by atoms with E-state index in [0.717, 1.165) is 16.9 Å². The molecule has 1 aromatic heterocycles. The number of thiophene rings is 1. The number of aliphatic hydroxyl groups is 1. The monoisotopic (exact) mass is 305 g/mol. The lowest BCUT2D eigenvalue weighted by Crippen LogP contribution is -2.59. The smallest absolute Gasteiger partial charge is 0.131 e. The van der Waals surface area contributed by atoms with Crippen molar-refractivity contribution in [1.29, 1.82) is 0 Å². The summed E-state index contributed by atoms with van der Waals surface area (Å²) >= 11 is 1.55. The van der Waals surface area contributed by atoms with Crippen LogP contribution in [0.2, 0.25) is 0 Å². The molecule has 1 saturated carbocycles. The first kappa shape index (κ1) is 14.7. The molecule has 1 aliphatic carbocycles. The number of nitrogens with one attached hydrogen (secondary N) is 1. The summed E-state index contributed by atoms with van der Waals surface area (Å²) in [6.07, 6.45) is 0.552. The SMILES string of the molecule is CC1(C)C(O)CC1NCc1ccc(F)c(-c2cccs2)c1. The van der Waals surface area contributed by atoms with Crippen LogP contribution >= 0.6 is 11.3 Å². The maximum Gasteiger partial charge on any atom is 0.131 e. The van der Waals surface area contributed by atoms with Gasteiger partial charge in [-0.3, -0.25) is 0 Å². The van der Waals surface area contributed by atoms with Crippen molar-refractivity contribution in [3.8, 4) is 10.4 Å². The van der Waals surface area contributed by atoms with Gasteiger partial charge in [-0.15, -0.1) is 11.3 Å². The molecule has 0 radical (unpaired) electrons. The molecular weight excluding hydrogens is 285 g/mol. The summed E-state index contributed by atoms with van der Waals surface area (Å²) in [6, 6.07) is 9.45. The molecule has 0 bridgehead atoms. The minimum Gasteiger partial charge on any atom is -0.392 e. The molecule has 3 rings (SSSR count). The average molecular weight is 305 g/mol. The number of hydrogen-bond acceptors (Lipinski definition) is 3. The van der Waals surface area contributed by atoms with Crippen LogP contribution in [-0.4, -0.2) is 17.3 Å². The molecule has 2 N–H and O–H groups in total. The highest BCUT2D eigenvalue weighted by molar-refractivity contribution is 7.13. The van der Waals surface area contributed by atoms with Crippen molar-refractivity contribution in [2.24, 2.45) is 5.41 Å². The van der Waals surface area contributed by atoms with Crippen LogP contribution in [0.15, 0.2) is 35.7 Å². The van der Waals surface area contributed by atoms with E-state index in [1.165, 1.54) is 6.07 Å². The summed E-state index contributed by atoms with van der Waals surface area (Å²) in [4.78, 5) is 0.953. The standard InChI is InChI=1S/C17H20FNOS/c1-17(2)15(9-16(17)20)19-10-11-5-6-13(18)12(8-11)14-4-3-7-21-14/h3-8,15-16,19-20H,9-10H2,1-2H3. The largest absolute Gasteiger partial charge is 0.392 e. The molecule has 1 aliphatic rings. The molecule has 0 spiro atoms. The van der Waals surface area contributed by atoms with Gasteiger partial charge in [0.2, 0.25) is 0 Å². The highest BCUT2D eigenvalue weighted by Crippen LogP contribution is 2.40. The minimum atomic E-state index is -0.232. The van der Waals surface area contributed by atoms with Crippen molar-refractivity contribution in [2.75, 3.05) is 0 Å². The van der Waals surface area contributed by atoms with Gasteiger partial charge >= 0.3 is 0 Å². The second-order valence-electron chi connectivity index (χ2n) is 6.30. The third-order valence-corrected chi connectivity index (χ3v) is 5.49. The van der Waals surface area contributed by atoms with Crippen molar-refractivity contribution >= 4 is 11.3 Å². The highest BCUT2D eigenvalue weighted by Gasteiger charge is 2.46. The zero-order valence-electron chi connectivity index (χ0n) is 12.3. The number of hydrogen-bond donors (Lipinski definition) is 2. The van der Waals surface area contributed by atoms with E-state index in [2.05, 4.69) is 19.2 Å². The van der Waals surface area contributed by atoms with Crippen molar-refractivity contribution in [3.63, 3.8) is 0 Å². The fraction of sp³-hybridized carbons (Fsp3) is 0.412. The van der Waals surface area contributed by atoms with E-state index in [-0.39, 0.29) is 17.3 Å². The first-order valence-corrected chi connectivity index (χ1v) is 8.10. The van der Waals surface area contributed by atoms with E-state index < -0.39 is 0 Å². The predicted molar refractivity (Wildman–Crippen MR) is 84.7 cm³/mol. The van der Waals surface area contributed by atoms with E-state index in [1.807, 2.05) is 29.6 Å². The van der Waals surface area contributed by atoms with E-state index >= 15 is 0 Å². The molecule has 2 atom stereocenters. The van der Waals surface area contributed by atoms with Crippen LogP contribution < -0.4 is 5.32 Å². The Hall–Kier alpha value is -1.23. The highest BCUT2D eigenvalue weighted by atomic mass is 32.1. The van der Waals surface area contributed by atoms with Gasteiger partial charge in [0, 0.05) is 28.4 Å². The first-order chi connectivity index (χ1) is 9.98. The van der Waals surface area contributed by atoms with E-state index in [1.54, 1.807) is 11.3 Å². The Balaban J connectivity index is 1.71. The lowest BCUT2D eigenvalue weighted by atomic mass is 9.64. The quantitative estimate of drug-likeness (QED) is 0.900. The summed E-state index contributed by atoms with van der Waals surface area (Å²) in [5, 5.41) is 15.2. The van der Waals surface area contributed by atoms with Crippen molar-refractivity contribution in [2.45, 2.75) is 39.0 Å². The summed E-state index contributed by atoms with van der Waals surface area (Å²) in [5.41, 5.74) is 1.64. The van der Waals surface area contributed by atoms with Crippen molar-refractivity contribution < 1.29 is 9.50 Å². The molecule has 112 valence electrons. The van der Waals surface area contributed by atoms with Gasteiger partial charge in [-0.25, -0.2) is 4.39 Å². The fourth-order valence-electron chi connectivity index (χ4n) is 2.79. The second-order valence-corrected chi connectivity index (χ2v) is 7.25. The van der Waals surface area contributed by atoms with E-state index in [9.17, 15) is 9.50 Å². The molecule has 1 fully saturated rings. The summed E-state index contributed by atoms with van der Waals surface area (Å²) in [5.74, 6) is -0.180. The molecule has 1 heterocycles. The van der Waals surface area contributed by atoms with Gasteiger partial charge in [0.25, 0.3) is 0 Å². The van der Waals surface area contributed by atoms with Crippen LogP contribution in [0.1, 0.15) is 25.8 Å². The maximum atomic E-state index is 13.9. The molecule has 0 saturated heterocycles. The van der Waals surface area contributed by atoms with Gasteiger partial charge in [0.15, 0.2) is 0 Å². The van der Waals surface area contributed by atoms with Gasteiger partial charge in [0.1, 0.15) is 5.82 Å². The first-order valence-electron chi connectivity index (χ1n) is 7.22. The molecule has 1 aromatic carbocycles. The zero-order valence-corrected chi connectivity index (χ0v) is 13.1. The van der Waals surface area contributed by atoms with Crippen LogP contribution in [-0.2, 0) is 6.54 Å². The molecule has 0 amide bonds. The number of benzene rings is 1. The number of rotatable bonds is 4. The lowest BCUT2D eigenvalue weighted by Gasteiger charge is -2.49. The average Bonchev–Trinajstić information content (AvgIpc) is 2.98. The van der Waals surface area contributed by atoms with Gasteiger partial charge in [-0.05, 0) is 35.6 Å². The van der Waals surface area contributed by atoms with Crippen LogP contribution in [0, 0.1) is 11.2 Å². The lowest BCUT2D eigenvalue weighted by molar-refractivity contribution is -0.0729. The van der Waals surface area contributed by atoms with Crippen molar-refractivity contribution in [3.05, 3.63) is 47.1 Å². The zero-order chi connectivity index (χ0) is 15.0. The van der Waals surface area contributed by atoms with Crippen LogP contribution in [0.5, 0.6) is 0 Å². The number of halogens is 1. The van der Waals surface area contributed by atoms with Crippen LogP contribution in [0.3, 0.4) is 0 Å². The van der Waals surface area contributed by atoms with Crippen LogP contribution in [0.25, 0.3) is 10.4 Å². The van der Waals surface area contributed by atoms with Crippen molar-refractivity contribution in [1.82, 2.24) is 5.32 Å². The van der Waals surface area contributed by atoms with Gasteiger partial charge < -0.3 is 10.4 Å². The summed E-state index contributed by atoms with van der Waals surface area (Å²) in [6.45, 7) is 4.83. The Bertz CT molecular complexity index is 624. The Morgan fingerprint density at radius 3 is 2.81 bits per heavy atom.